The summed E-state index contributed by atoms with van der Waals surface area (Å²) in [6.45, 7) is -0.139. The third-order valence-electron chi connectivity index (χ3n) is 6.23. The number of ether oxygens (including phenoxy) is 2. The maximum absolute atomic E-state index is 13.5. The van der Waals surface area contributed by atoms with Crippen LogP contribution >= 0.6 is 27.5 Å². The van der Waals surface area contributed by atoms with E-state index >= 15 is 0 Å². The molecule has 7 nitrogen and oxygen atoms in total. The molecular formula is C24H24BrClN2O5. The van der Waals surface area contributed by atoms with Crippen LogP contribution < -0.4 is 14.4 Å². The van der Waals surface area contributed by atoms with Crippen molar-refractivity contribution in [2.24, 2.45) is 5.92 Å². The molecule has 2 aromatic carbocycles. The Labute approximate surface area is 205 Å². The van der Waals surface area contributed by atoms with Crippen LogP contribution in [0.3, 0.4) is 0 Å². The number of imide groups is 1. The molecular weight excluding hydrogens is 512 g/mol. The van der Waals surface area contributed by atoms with E-state index in [2.05, 4.69) is 15.9 Å². The molecule has 3 atom stereocenters. The van der Waals surface area contributed by atoms with E-state index in [9.17, 15) is 14.4 Å². The van der Waals surface area contributed by atoms with Gasteiger partial charge in [0.15, 0.2) is 17.3 Å². The molecule has 0 N–H and O–H groups in total. The minimum Gasteiger partial charge on any atom is -0.493 e. The standard InChI is InChI=1S/C24H24BrClN2O5/c1-32-21-10-3-14(11-22(21)33-2)20(29)13-27-19-9-4-15(25)12-18(19)23(30)28(24(27)31)17-7-5-16(26)6-8-17/h3,5-8,10-11,15,18-19H,4,9,12-13H2,1-2H3. The number of ketones is 1. The number of fused-ring (bicyclic) bond motifs is 1. The molecule has 0 aromatic heterocycles. The third-order valence-corrected chi connectivity index (χ3v) is 7.31. The first kappa shape index (κ1) is 23.6. The van der Waals surface area contributed by atoms with Gasteiger partial charge < -0.3 is 14.4 Å². The molecule has 9 heteroatoms. The van der Waals surface area contributed by atoms with Gasteiger partial charge >= 0.3 is 6.03 Å². The van der Waals surface area contributed by atoms with Gasteiger partial charge in [0.2, 0.25) is 5.91 Å². The molecule has 1 saturated carbocycles. The van der Waals surface area contributed by atoms with Crippen LogP contribution in [0.1, 0.15) is 29.6 Å². The van der Waals surface area contributed by atoms with E-state index in [0.717, 1.165) is 6.42 Å². The number of Topliss-reactive ketones (excluding diaryl/α,β-unsaturated/α-hetero) is 1. The summed E-state index contributed by atoms with van der Waals surface area (Å²) in [6.07, 6.45) is 2.07. The summed E-state index contributed by atoms with van der Waals surface area (Å²) in [6, 6.07) is 10.6. The molecule has 33 heavy (non-hydrogen) atoms. The molecule has 3 unspecified atom stereocenters. The molecule has 0 bridgehead atoms. The number of anilines is 1. The molecule has 1 aliphatic heterocycles. The van der Waals surface area contributed by atoms with Gasteiger partial charge in [0.05, 0.1) is 32.4 Å². The summed E-state index contributed by atoms with van der Waals surface area (Å²) < 4.78 is 10.6. The van der Waals surface area contributed by atoms with Crippen LogP contribution in [0.2, 0.25) is 5.02 Å². The van der Waals surface area contributed by atoms with Gasteiger partial charge in [-0.2, -0.15) is 0 Å². The van der Waals surface area contributed by atoms with E-state index in [1.54, 1.807) is 47.4 Å². The van der Waals surface area contributed by atoms with Crippen molar-refractivity contribution in [3.63, 3.8) is 0 Å². The Morgan fingerprint density at radius 2 is 1.76 bits per heavy atom. The lowest BCUT2D eigenvalue weighted by Crippen LogP contribution is -2.64. The van der Waals surface area contributed by atoms with Crippen molar-refractivity contribution >= 4 is 50.9 Å². The number of methoxy groups -OCH3 is 2. The number of amides is 3. The van der Waals surface area contributed by atoms with E-state index in [4.69, 9.17) is 21.1 Å². The van der Waals surface area contributed by atoms with Crippen LogP contribution in [0.15, 0.2) is 42.5 Å². The quantitative estimate of drug-likeness (QED) is 0.387. The Bertz CT molecular complexity index is 1080. The summed E-state index contributed by atoms with van der Waals surface area (Å²) in [5.41, 5.74) is 0.842. The highest BCUT2D eigenvalue weighted by atomic mass is 79.9. The van der Waals surface area contributed by atoms with Crippen LogP contribution in [0.5, 0.6) is 11.5 Å². The molecule has 0 radical (unpaired) electrons. The summed E-state index contributed by atoms with van der Waals surface area (Å²) in [7, 11) is 3.02. The molecule has 1 saturated heterocycles. The first-order valence-electron chi connectivity index (χ1n) is 10.6. The smallest absolute Gasteiger partial charge is 0.332 e. The lowest BCUT2D eigenvalue weighted by Gasteiger charge is -2.47. The SMILES string of the molecule is COc1ccc(C(=O)CN2C(=O)N(c3ccc(Cl)cc3)C(=O)C3CC(Br)CCC32)cc1OC. The lowest BCUT2D eigenvalue weighted by atomic mass is 9.80. The predicted molar refractivity (Wildman–Crippen MR) is 129 cm³/mol. The highest BCUT2D eigenvalue weighted by Crippen LogP contribution is 2.39. The van der Waals surface area contributed by atoms with Crippen molar-refractivity contribution in [2.75, 3.05) is 25.7 Å². The fourth-order valence-electron chi connectivity index (χ4n) is 4.54. The summed E-state index contributed by atoms with van der Waals surface area (Å²) in [4.78, 5) is 43.0. The van der Waals surface area contributed by atoms with E-state index in [0.29, 0.717) is 40.6 Å². The van der Waals surface area contributed by atoms with Crippen molar-refractivity contribution in [1.29, 1.82) is 0 Å². The number of hydrogen-bond donors (Lipinski definition) is 0. The van der Waals surface area contributed by atoms with Crippen molar-refractivity contribution in [2.45, 2.75) is 30.1 Å². The highest BCUT2D eigenvalue weighted by Gasteiger charge is 2.49. The molecule has 3 amide bonds. The topological polar surface area (TPSA) is 76.2 Å². The van der Waals surface area contributed by atoms with Crippen molar-refractivity contribution < 1.29 is 23.9 Å². The molecule has 4 rings (SSSR count). The maximum Gasteiger partial charge on any atom is 0.332 e. The van der Waals surface area contributed by atoms with Crippen molar-refractivity contribution in [1.82, 2.24) is 4.90 Å². The van der Waals surface area contributed by atoms with Gasteiger partial charge in [-0.1, -0.05) is 27.5 Å². The molecule has 2 aliphatic rings. The molecule has 174 valence electrons. The van der Waals surface area contributed by atoms with Gasteiger partial charge in [0.1, 0.15) is 0 Å². The Morgan fingerprint density at radius 3 is 2.42 bits per heavy atom. The molecule has 2 aromatic rings. The molecule has 1 heterocycles. The number of halogens is 2. The number of alkyl halides is 1. The van der Waals surface area contributed by atoms with Crippen LogP contribution in [0.25, 0.3) is 0 Å². The van der Waals surface area contributed by atoms with E-state index in [-0.39, 0.29) is 29.1 Å². The number of rotatable bonds is 6. The normalized spacial score (nSPS) is 22.7. The van der Waals surface area contributed by atoms with E-state index in [1.165, 1.54) is 19.1 Å². The van der Waals surface area contributed by atoms with Gasteiger partial charge in [-0.15, -0.1) is 0 Å². The van der Waals surface area contributed by atoms with Crippen molar-refractivity contribution in [3.8, 4) is 11.5 Å². The second-order valence-electron chi connectivity index (χ2n) is 8.14. The van der Waals surface area contributed by atoms with E-state index in [1.807, 2.05) is 0 Å². The number of carbonyl (C=O) groups is 3. The largest absolute Gasteiger partial charge is 0.493 e. The number of benzene rings is 2. The van der Waals surface area contributed by atoms with Gasteiger partial charge in [-0.05, 0) is 61.7 Å². The Balaban J connectivity index is 1.66. The van der Waals surface area contributed by atoms with Crippen molar-refractivity contribution in [3.05, 3.63) is 53.1 Å². The first-order chi connectivity index (χ1) is 15.8. The fraction of sp³-hybridized carbons (Fsp3) is 0.375. The number of nitrogens with zero attached hydrogens (tertiary/aromatic N) is 2. The average Bonchev–Trinajstić information content (AvgIpc) is 2.82. The molecule has 0 spiro atoms. The average molecular weight is 536 g/mol. The van der Waals surface area contributed by atoms with Gasteiger partial charge in [-0.3, -0.25) is 9.59 Å². The Kier molecular flexibility index (Phi) is 6.95. The number of carbonyl (C=O) groups excluding carboxylic acids is 3. The highest BCUT2D eigenvalue weighted by molar-refractivity contribution is 9.09. The minimum absolute atomic E-state index is 0.139. The number of hydrogen-bond acceptors (Lipinski definition) is 5. The predicted octanol–water partition coefficient (Wildman–Crippen LogP) is 4.94. The van der Waals surface area contributed by atoms with Crippen LogP contribution in [-0.2, 0) is 4.79 Å². The number of urea groups is 1. The fourth-order valence-corrected chi connectivity index (χ4v) is 5.33. The van der Waals surface area contributed by atoms with Gasteiger partial charge in [-0.25, -0.2) is 9.69 Å². The monoisotopic (exact) mass is 534 g/mol. The van der Waals surface area contributed by atoms with Crippen LogP contribution in [0, 0.1) is 5.92 Å². The minimum atomic E-state index is -0.495. The second-order valence-corrected chi connectivity index (χ2v) is 9.87. The zero-order valence-corrected chi connectivity index (χ0v) is 20.6. The Hall–Kier alpha value is -2.58. The lowest BCUT2D eigenvalue weighted by molar-refractivity contribution is -0.126. The Morgan fingerprint density at radius 1 is 1.06 bits per heavy atom. The maximum atomic E-state index is 13.5. The van der Waals surface area contributed by atoms with Gasteiger partial charge in [0.25, 0.3) is 0 Å². The van der Waals surface area contributed by atoms with Gasteiger partial charge in [0, 0.05) is 21.5 Å². The second kappa shape index (κ2) is 9.73. The summed E-state index contributed by atoms with van der Waals surface area (Å²) in [5, 5.41) is 0.507. The van der Waals surface area contributed by atoms with Crippen LogP contribution in [0.4, 0.5) is 10.5 Å². The summed E-state index contributed by atoms with van der Waals surface area (Å²) >= 11 is 9.63. The molecule has 1 aliphatic carbocycles. The first-order valence-corrected chi connectivity index (χ1v) is 11.9. The molecule has 2 fully saturated rings. The summed E-state index contributed by atoms with van der Waals surface area (Å²) in [5.74, 6) is 0.0673. The van der Waals surface area contributed by atoms with E-state index < -0.39 is 11.9 Å². The zero-order valence-electron chi connectivity index (χ0n) is 18.3. The third kappa shape index (κ3) is 4.59. The zero-order chi connectivity index (χ0) is 23.7. The van der Waals surface area contributed by atoms with Crippen LogP contribution in [-0.4, -0.2) is 54.3 Å².